The van der Waals surface area contributed by atoms with Gasteiger partial charge in [-0.15, -0.1) is 0 Å². The highest BCUT2D eigenvalue weighted by Crippen LogP contribution is 2.68. The van der Waals surface area contributed by atoms with Gasteiger partial charge >= 0.3 is 11.9 Å². The third-order valence-corrected chi connectivity index (χ3v) is 14.6. The second-order valence-electron chi connectivity index (χ2n) is 20.4. The molecule has 0 aromatic carbocycles. The van der Waals surface area contributed by atoms with Gasteiger partial charge in [0.25, 0.3) is 5.70 Å². The van der Waals surface area contributed by atoms with Crippen molar-refractivity contribution in [3.63, 3.8) is 0 Å². The molecule has 7 unspecified atom stereocenters. The summed E-state index contributed by atoms with van der Waals surface area (Å²) in [5, 5.41) is 14.8. The van der Waals surface area contributed by atoms with E-state index in [4.69, 9.17) is 23.9 Å². The number of nitro groups is 1. The standard InChI is InChI=1S/C43H70N4O9/c1-26(11-10-22-52-25-53-40(2,3)4)30-14-15-31-29-13-12-27-23-28(18-20-42(27,8)32(29)19-21-43(30,31)9)54-39(49)34(24-36(48)55-41(5,6)7)44-33-16-17-35(47(50)51)38-37(33)45-56-46-38/h16-17,26-32,34,37-38,44-46H,10-15,18-25H2,1-9H3/t26-,27-,28?,29?,30?,31+,32?,34+,37?,38?,42?,43-/m1/s1. The van der Waals surface area contributed by atoms with E-state index in [1.165, 1.54) is 44.6 Å². The molecule has 0 amide bonds. The molecule has 1 heterocycles. The number of hydroxylamine groups is 2. The summed E-state index contributed by atoms with van der Waals surface area (Å²) in [7, 11) is 0. The molecule has 0 aromatic heterocycles. The molecule has 3 N–H and O–H groups in total. The highest BCUT2D eigenvalue weighted by molar-refractivity contribution is 5.83. The van der Waals surface area contributed by atoms with Crippen LogP contribution in [-0.4, -0.2) is 65.7 Å². The van der Waals surface area contributed by atoms with Gasteiger partial charge in [0.2, 0.25) is 0 Å². The zero-order valence-electron chi connectivity index (χ0n) is 35.4. The Morgan fingerprint density at radius 1 is 0.964 bits per heavy atom. The smallest absolute Gasteiger partial charge is 0.329 e. The third kappa shape index (κ3) is 9.48. The van der Waals surface area contributed by atoms with Crippen LogP contribution in [0.5, 0.6) is 0 Å². The number of nitrogens with one attached hydrogen (secondary N) is 3. The van der Waals surface area contributed by atoms with Gasteiger partial charge in [-0.25, -0.2) is 9.73 Å². The summed E-state index contributed by atoms with van der Waals surface area (Å²) in [4.78, 5) is 43.4. The number of carbonyl (C=O) groups is 2. The van der Waals surface area contributed by atoms with E-state index in [9.17, 15) is 19.7 Å². The van der Waals surface area contributed by atoms with Crippen LogP contribution in [0.2, 0.25) is 0 Å². The van der Waals surface area contributed by atoms with E-state index in [1.54, 1.807) is 26.8 Å². The summed E-state index contributed by atoms with van der Waals surface area (Å²) >= 11 is 0. The van der Waals surface area contributed by atoms with Gasteiger partial charge in [0.15, 0.2) is 0 Å². The van der Waals surface area contributed by atoms with Crippen molar-refractivity contribution >= 4 is 11.9 Å². The lowest BCUT2D eigenvalue weighted by Crippen LogP contribution is -2.54. The number of rotatable bonds is 14. The summed E-state index contributed by atoms with van der Waals surface area (Å²) in [6.07, 6.45) is 15.0. The van der Waals surface area contributed by atoms with Crippen LogP contribution < -0.4 is 16.3 Å². The van der Waals surface area contributed by atoms with Crippen LogP contribution in [0.1, 0.15) is 139 Å². The zero-order chi connectivity index (χ0) is 40.6. The molecule has 316 valence electrons. The minimum absolute atomic E-state index is 0.0682. The number of nitrogens with zero attached hydrogens (tertiary/aromatic N) is 1. The molecular formula is C43H70N4O9. The van der Waals surface area contributed by atoms with E-state index < -0.39 is 40.6 Å². The quantitative estimate of drug-likeness (QED) is 0.0532. The number of hydrogen-bond acceptors (Lipinski definition) is 12. The fourth-order valence-corrected chi connectivity index (χ4v) is 11.9. The molecule has 0 bridgehead atoms. The van der Waals surface area contributed by atoms with Crippen LogP contribution in [0.15, 0.2) is 23.5 Å². The molecule has 6 aliphatic rings. The zero-order valence-corrected chi connectivity index (χ0v) is 35.4. The van der Waals surface area contributed by atoms with Crippen molar-refractivity contribution in [2.24, 2.45) is 46.3 Å². The Morgan fingerprint density at radius 2 is 1.68 bits per heavy atom. The van der Waals surface area contributed by atoms with E-state index in [0.29, 0.717) is 35.7 Å². The Kier molecular flexibility index (Phi) is 13.0. The lowest BCUT2D eigenvalue weighted by Gasteiger charge is -2.61. The van der Waals surface area contributed by atoms with Crippen molar-refractivity contribution in [1.29, 1.82) is 0 Å². The second kappa shape index (κ2) is 17.0. The molecule has 13 heteroatoms. The van der Waals surface area contributed by atoms with Crippen LogP contribution in [-0.2, 0) is 33.5 Å². The van der Waals surface area contributed by atoms with Crippen molar-refractivity contribution in [2.45, 2.75) is 175 Å². The van der Waals surface area contributed by atoms with Crippen LogP contribution >= 0.6 is 0 Å². The summed E-state index contributed by atoms with van der Waals surface area (Å²) < 4.78 is 23.4. The maximum atomic E-state index is 14.0. The van der Waals surface area contributed by atoms with Crippen LogP contribution in [0.25, 0.3) is 0 Å². The molecule has 56 heavy (non-hydrogen) atoms. The van der Waals surface area contributed by atoms with E-state index in [1.807, 2.05) is 0 Å². The minimum atomic E-state index is -1.04. The lowest BCUT2D eigenvalue weighted by atomic mass is 9.44. The van der Waals surface area contributed by atoms with E-state index in [0.717, 1.165) is 56.5 Å². The van der Waals surface area contributed by atoms with Gasteiger partial charge in [-0.3, -0.25) is 14.9 Å². The molecule has 5 fully saturated rings. The highest BCUT2D eigenvalue weighted by Gasteiger charge is 2.61. The van der Waals surface area contributed by atoms with Crippen molar-refractivity contribution in [3.8, 4) is 0 Å². The summed E-state index contributed by atoms with van der Waals surface area (Å²) in [6.45, 7) is 20.3. The molecule has 0 spiro atoms. The van der Waals surface area contributed by atoms with Crippen LogP contribution in [0.3, 0.4) is 0 Å². The predicted molar refractivity (Wildman–Crippen MR) is 211 cm³/mol. The van der Waals surface area contributed by atoms with Crippen molar-refractivity contribution in [2.75, 3.05) is 13.4 Å². The monoisotopic (exact) mass is 787 g/mol. The molecule has 5 aliphatic carbocycles. The number of esters is 2. The maximum Gasteiger partial charge on any atom is 0.329 e. The molecule has 12 atom stereocenters. The first-order chi connectivity index (χ1) is 26.3. The molecule has 0 aromatic rings. The average molecular weight is 787 g/mol. The number of hydrogen-bond donors (Lipinski definition) is 3. The molecular weight excluding hydrogens is 716 g/mol. The van der Waals surface area contributed by atoms with Gasteiger partial charge in [0.1, 0.15) is 36.6 Å². The molecule has 4 saturated carbocycles. The average Bonchev–Trinajstić information content (AvgIpc) is 3.73. The number of carbonyl (C=O) groups excluding carboxylic acids is 2. The molecule has 1 aliphatic heterocycles. The molecule has 0 radical (unpaired) electrons. The Balaban J connectivity index is 1.06. The van der Waals surface area contributed by atoms with Crippen LogP contribution in [0.4, 0.5) is 0 Å². The Morgan fingerprint density at radius 3 is 2.39 bits per heavy atom. The number of fused-ring (bicyclic) bond motifs is 6. The first-order valence-electron chi connectivity index (χ1n) is 21.4. The summed E-state index contributed by atoms with van der Waals surface area (Å²) in [5.74, 6) is 3.10. The molecule has 1 saturated heterocycles. The van der Waals surface area contributed by atoms with E-state index in [-0.39, 0.29) is 29.2 Å². The first kappa shape index (κ1) is 43.0. The maximum absolute atomic E-state index is 14.0. The fourth-order valence-electron chi connectivity index (χ4n) is 11.9. The van der Waals surface area contributed by atoms with Gasteiger partial charge in [0.05, 0.1) is 16.9 Å². The lowest BCUT2D eigenvalue weighted by molar-refractivity contribution is -0.431. The normalized spacial score (nSPS) is 36.4. The van der Waals surface area contributed by atoms with Gasteiger partial charge in [-0.2, -0.15) is 11.0 Å². The van der Waals surface area contributed by atoms with Crippen molar-refractivity contribution < 1.29 is 38.4 Å². The van der Waals surface area contributed by atoms with Gasteiger partial charge in [0, 0.05) is 18.4 Å². The molecule has 13 nitrogen and oxygen atoms in total. The predicted octanol–water partition coefficient (Wildman–Crippen LogP) is 7.29. The first-order valence-corrected chi connectivity index (χ1v) is 21.4. The van der Waals surface area contributed by atoms with Gasteiger partial charge < -0.3 is 24.3 Å². The third-order valence-electron chi connectivity index (χ3n) is 14.6. The van der Waals surface area contributed by atoms with Gasteiger partial charge in [-0.05, 0) is 165 Å². The van der Waals surface area contributed by atoms with E-state index >= 15 is 0 Å². The second-order valence-corrected chi connectivity index (χ2v) is 20.4. The van der Waals surface area contributed by atoms with Gasteiger partial charge in [-0.1, -0.05) is 20.8 Å². The minimum Gasteiger partial charge on any atom is -0.461 e. The number of ether oxygens (including phenoxy) is 4. The molecule has 6 rings (SSSR count). The summed E-state index contributed by atoms with van der Waals surface area (Å²) in [5.41, 5.74) is 5.50. The van der Waals surface area contributed by atoms with E-state index in [2.05, 4.69) is 57.8 Å². The number of allylic oxidation sites excluding steroid dienone is 2. The topological polar surface area (TPSA) is 160 Å². The Bertz CT molecular complexity index is 1500. The Hall–Kier alpha value is -2.58. The van der Waals surface area contributed by atoms with Crippen molar-refractivity contribution in [3.05, 3.63) is 33.7 Å². The largest absolute Gasteiger partial charge is 0.461 e. The van der Waals surface area contributed by atoms with Crippen molar-refractivity contribution in [1.82, 2.24) is 16.3 Å². The highest BCUT2D eigenvalue weighted by atomic mass is 16.8. The SMILES string of the molecule is C[C@H](CCCOCOC(C)(C)C)C1CC[C@H]2C3CC[C@@H]4CC(OC(=O)[C@H](CC(=O)OC(C)(C)C)NC5=CC=C([N+](=O)[O-])C6NONC56)CCC4(C)C3CC[C@]12C. The summed E-state index contributed by atoms with van der Waals surface area (Å²) in [6, 6.07) is -2.48. The fraction of sp³-hybridized carbons (Fsp3) is 0.860. The van der Waals surface area contributed by atoms with Crippen LogP contribution in [0, 0.1) is 56.5 Å². The Labute approximate surface area is 334 Å².